The molecule has 2 N–H and O–H groups in total. The third-order valence-electron chi connectivity index (χ3n) is 3.65. The Balaban J connectivity index is 1.83. The third-order valence-corrected chi connectivity index (χ3v) is 3.65. The molecule has 0 unspecified atom stereocenters. The summed E-state index contributed by atoms with van der Waals surface area (Å²) >= 11 is 0. The number of primary amides is 1. The Kier molecular flexibility index (Phi) is 4.65. The van der Waals surface area contributed by atoms with Crippen LogP contribution in [-0.2, 0) is 4.79 Å². The first-order chi connectivity index (χ1) is 12.1. The highest BCUT2D eigenvalue weighted by molar-refractivity contribution is 5.75. The van der Waals surface area contributed by atoms with Gasteiger partial charge in [-0.25, -0.2) is 0 Å². The van der Waals surface area contributed by atoms with Gasteiger partial charge in [-0.2, -0.15) is 4.98 Å². The Morgan fingerprint density at radius 2 is 1.96 bits per heavy atom. The molecule has 0 aliphatic heterocycles. The van der Waals surface area contributed by atoms with E-state index in [-0.39, 0.29) is 6.61 Å². The molecule has 0 atom stereocenters. The van der Waals surface area contributed by atoms with E-state index in [4.69, 9.17) is 19.7 Å². The van der Waals surface area contributed by atoms with Gasteiger partial charge in [-0.3, -0.25) is 4.79 Å². The van der Waals surface area contributed by atoms with Gasteiger partial charge in [0, 0.05) is 16.7 Å². The summed E-state index contributed by atoms with van der Waals surface area (Å²) in [5.41, 5.74) is 7.56. The molecule has 0 spiro atoms. The monoisotopic (exact) mass is 339 g/mol. The van der Waals surface area contributed by atoms with E-state index >= 15 is 0 Å². The third kappa shape index (κ3) is 3.60. The Hall–Kier alpha value is -3.35. The molecule has 0 fully saturated rings. The van der Waals surface area contributed by atoms with Gasteiger partial charge < -0.3 is 19.7 Å². The normalized spacial score (nSPS) is 10.5. The molecule has 3 rings (SSSR count). The van der Waals surface area contributed by atoms with Gasteiger partial charge in [0.05, 0.1) is 7.11 Å². The molecule has 0 saturated carbocycles. The quantitative estimate of drug-likeness (QED) is 0.741. The lowest BCUT2D eigenvalue weighted by atomic mass is 10.1. The lowest BCUT2D eigenvalue weighted by Crippen LogP contribution is -2.19. The number of hydrogen-bond donors (Lipinski definition) is 1. The minimum absolute atomic E-state index is 0.166. The number of nitrogens with two attached hydrogens (primary N) is 1. The summed E-state index contributed by atoms with van der Waals surface area (Å²) in [6.07, 6.45) is 0. The maximum Gasteiger partial charge on any atom is 0.258 e. The summed E-state index contributed by atoms with van der Waals surface area (Å²) in [7, 11) is 1.62. The van der Waals surface area contributed by atoms with Crippen molar-refractivity contribution in [2.75, 3.05) is 13.7 Å². The van der Waals surface area contributed by atoms with E-state index in [9.17, 15) is 4.79 Å². The summed E-state index contributed by atoms with van der Waals surface area (Å²) in [5.74, 6) is 1.64. The van der Waals surface area contributed by atoms with E-state index in [1.54, 1.807) is 31.4 Å². The number of rotatable bonds is 6. The maximum atomic E-state index is 10.7. The maximum absolute atomic E-state index is 10.7. The highest BCUT2D eigenvalue weighted by atomic mass is 16.5. The van der Waals surface area contributed by atoms with Crippen LogP contribution in [0.15, 0.2) is 47.0 Å². The molecule has 0 bridgehead atoms. The van der Waals surface area contributed by atoms with E-state index in [1.807, 2.05) is 25.1 Å². The molecule has 25 heavy (non-hydrogen) atoms. The number of methoxy groups -OCH3 is 1. The number of nitrogens with zero attached hydrogens (tertiary/aromatic N) is 2. The second kappa shape index (κ2) is 7.04. The Morgan fingerprint density at radius 1 is 1.20 bits per heavy atom. The molecular formula is C18H17N3O4. The van der Waals surface area contributed by atoms with Crippen LogP contribution in [-0.4, -0.2) is 29.8 Å². The lowest BCUT2D eigenvalue weighted by molar-refractivity contribution is -0.119. The van der Waals surface area contributed by atoms with Crippen molar-refractivity contribution < 1.29 is 18.8 Å². The van der Waals surface area contributed by atoms with Crippen LogP contribution in [0.2, 0.25) is 0 Å². The van der Waals surface area contributed by atoms with Crippen LogP contribution in [0, 0.1) is 6.92 Å². The average Bonchev–Trinajstić information content (AvgIpc) is 3.10. The van der Waals surface area contributed by atoms with E-state index in [1.165, 1.54) is 0 Å². The zero-order valence-corrected chi connectivity index (χ0v) is 13.9. The highest BCUT2D eigenvalue weighted by Gasteiger charge is 2.14. The predicted molar refractivity (Wildman–Crippen MR) is 91.1 cm³/mol. The fourth-order valence-electron chi connectivity index (χ4n) is 2.37. The summed E-state index contributed by atoms with van der Waals surface area (Å²) in [5, 5.41) is 4.02. The molecule has 1 amide bonds. The van der Waals surface area contributed by atoms with Crippen molar-refractivity contribution in [2.24, 2.45) is 5.73 Å². The van der Waals surface area contributed by atoms with Crippen LogP contribution in [0.3, 0.4) is 0 Å². The standard InChI is InChI=1S/C18H17N3O4/c1-11-14(4-3-5-15(11)23-2)18-20-17(21-25-18)12-6-8-13(9-7-12)24-10-16(19)22/h3-9H,10H2,1-2H3,(H2,19,22). The van der Waals surface area contributed by atoms with Crippen LogP contribution in [0.1, 0.15) is 5.56 Å². The van der Waals surface area contributed by atoms with Crippen molar-refractivity contribution in [1.82, 2.24) is 10.1 Å². The number of carbonyl (C=O) groups excluding carboxylic acids is 1. The number of ether oxygens (including phenoxy) is 2. The van der Waals surface area contributed by atoms with E-state index in [2.05, 4.69) is 10.1 Å². The average molecular weight is 339 g/mol. The summed E-state index contributed by atoms with van der Waals surface area (Å²) in [6, 6.07) is 12.6. The number of hydrogen-bond acceptors (Lipinski definition) is 6. The second-order valence-electron chi connectivity index (χ2n) is 5.34. The topological polar surface area (TPSA) is 100 Å². The molecule has 1 heterocycles. The molecule has 1 aromatic heterocycles. The largest absolute Gasteiger partial charge is 0.496 e. The van der Waals surface area contributed by atoms with Crippen molar-refractivity contribution in [3.8, 4) is 34.3 Å². The minimum atomic E-state index is -0.527. The first kappa shape index (κ1) is 16.5. The fraction of sp³-hybridized carbons (Fsp3) is 0.167. The molecule has 3 aromatic rings. The van der Waals surface area contributed by atoms with Crippen LogP contribution in [0.4, 0.5) is 0 Å². The van der Waals surface area contributed by atoms with Gasteiger partial charge in [0.15, 0.2) is 6.61 Å². The van der Waals surface area contributed by atoms with E-state index in [0.717, 1.165) is 22.4 Å². The van der Waals surface area contributed by atoms with Gasteiger partial charge in [-0.1, -0.05) is 11.2 Å². The fourth-order valence-corrected chi connectivity index (χ4v) is 2.37. The van der Waals surface area contributed by atoms with Gasteiger partial charge in [0.25, 0.3) is 11.8 Å². The van der Waals surface area contributed by atoms with Gasteiger partial charge >= 0.3 is 0 Å². The van der Waals surface area contributed by atoms with E-state index < -0.39 is 5.91 Å². The molecular weight excluding hydrogens is 322 g/mol. The summed E-state index contributed by atoms with van der Waals surface area (Å²) < 4.78 is 15.9. The number of amides is 1. The van der Waals surface area contributed by atoms with Crippen LogP contribution in [0.25, 0.3) is 22.8 Å². The molecule has 2 aromatic carbocycles. The molecule has 0 radical (unpaired) electrons. The Bertz CT molecular complexity index is 888. The molecule has 128 valence electrons. The summed E-state index contributed by atoms with van der Waals surface area (Å²) in [4.78, 5) is 15.2. The SMILES string of the molecule is COc1cccc(-c2nc(-c3ccc(OCC(N)=O)cc3)no2)c1C. The lowest BCUT2D eigenvalue weighted by Gasteiger charge is -2.06. The Morgan fingerprint density at radius 3 is 2.64 bits per heavy atom. The van der Waals surface area contributed by atoms with Gasteiger partial charge in [0.1, 0.15) is 11.5 Å². The summed E-state index contributed by atoms with van der Waals surface area (Å²) in [6.45, 7) is 1.77. The highest BCUT2D eigenvalue weighted by Crippen LogP contribution is 2.30. The van der Waals surface area contributed by atoms with Crippen molar-refractivity contribution in [1.29, 1.82) is 0 Å². The van der Waals surface area contributed by atoms with Gasteiger partial charge in [-0.15, -0.1) is 0 Å². The molecule has 0 saturated heterocycles. The van der Waals surface area contributed by atoms with E-state index in [0.29, 0.717) is 17.5 Å². The van der Waals surface area contributed by atoms with Crippen molar-refractivity contribution in [2.45, 2.75) is 6.92 Å². The first-order valence-corrected chi connectivity index (χ1v) is 7.57. The number of carbonyl (C=O) groups is 1. The number of aromatic nitrogens is 2. The van der Waals surface area contributed by atoms with Crippen molar-refractivity contribution in [3.05, 3.63) is 48.0 Å². The second-order valence-corrected chi connectivity index (χ2v) is 5.34. The van der Waals surface area contributed by atoms with Gasteiger partial charge in [0.2, 0.25) is 5.82 Å². The number of benzene rings is 2. The van der Waals surface area contributed by atoms with Crippen LogP contribution >= 0.6 is 0 Å². The predicted octanol–water partition coefficient (Wildman–Crippen LogP) is 2.58. The molecule has 7 heteroatoms. The minimum Gasteiger partial charge on any atom is -0.496 e. The first-order valence-electron chi connectivity index (χ1n) is 7.57. The van der Waals surface area contributed by atoms with Crippen LogP contribution < -0.4 is 15.2 Å². The molecule has 0 aliphatic rings. The Labute approximate surface area is 144 Å². The zero-order valence-electron chi connectivity index (χ0n) is 13.9. The van der Waals surface area contributed by atoms with Crippen molar-refractivity contribution >= 4 is 5.91 Å². The van der Waals surface area contributed by atoms with Crippen molar-refractivity contribution in [3.63, 3.8) is 0 Å². The van der Waals surface area contributed by atoms with Gasteiger partial charge in [-0.05, 0) is 43.3 Å². The smallest absolute Gasteiger partial charge is 0.258 e. The zero-order chi connectivity index (χ0) is 17.8. The van der Waals surface area contributed by atoms with Crippen LogP contribution in [0.5, 0.6) is 11.5 Å². The molecule has 7 nitrogen and oxygen atoms in total. The molecule has 0 aliphatic carbocycles.